The van der Waals surface area contributed by atoms with Crippen LogP contribution in [0.3, 0.4) is 0 Å². The Balaban J connectivity index is 3.23. The summed E-state index contributed by atoms with van der Waals surface area (Å²) in [6.07, 6.45) is -4.08. The van der Waals surface area contributed by atoms with Crippen LogP contribution < -0.4 is 0 Å². The van der Waals surface area contributed by atoms with Crippen LogP contribution in [0.1, 0.15) is 35.7 Å². The van der Waals surface area contributed by atoms with E-state index in [4.69, 9.17) is 5.11 Å². The second-order valence-corrected chi connectivity index (χ2v) is 3.40. The van der Waals surface area contributed by atoms with Crippen molar-refractivity contribution < 1.29 is 23.1 Å². The number of phenols is 1. The van der Waals surface area contributed by atoms with E-state index in [9.17, 15) is 18.0 Å². The van der Waals surface area contributed by atoms with E-state index in [1.165, 1.54) is 0 Å². The van der Waals surface area contributed by atoms with Gasteiger partial charge in [0.1, 0.15) is 5.75 Å². The molecule has 0 amide bonds. The number of hydrogen-bond acceptors (Lipinski definition) is 2. The fraction of sp³-hybridized carbons (Fsp3) is 0.364. The number of carbonyl (C=O) groups excluding carboxylic acids is 1. The van der Waals surface area contributed by atoms with Crippen LogP contribution in [-0.4, -0.2) is 10.9 Å². The number of benzene rings is 1. The first-order chi connectivity index (χ1) is 7.36. The molecule has 0 atom stereocenters. The van der Waals surface area contributed by atoms with E-state index >= 15 is 0 Å². The number of Topliss-reactive ketones (excluding diaryl/α,β-unsaturated/α-hetero) is 1. The third-order valence-corrected chi connectivity index (χ3v) is 2.09. The van der Waals surface area contributed by atoms with Crippen LogP contribution >= 0.6 is 0 Å². The lowest BCUT2D eigenvalue weighted by Crippen LogP contribution is -2.12. The maximum absolute atomic E-state index is 12.6. The van der Waals surface area contributed by atoms with Crippen molar-refractivity contribution >= 4 is 5.78 Å². The van der Waals surface area contributed by atoms with Gasteiger partial charge >= 0.3 is 6.18 Å². The van der Waals surface area contributed by atoms with Crippen molar-refractivity contribution in [3.05, 3.63) is 29.3 Å². The monoisotopic (exact) mass is 232 g/mol. The van der Waals surface area contributed by atoms with E-state index in [-0.39, 0.29) is 12.0 Å². The molecular weight excluding hydrogens is 221 g/mol. The summed E-state index contributed by atoms with van der Waals surface area (Å²) < 4.78 is 37.7. The van der Waals surface area contributed by atoms with E-state index in [0.29, 0.717) is 12.5 Å². The molecule has 0 aliphatic carbocycles. The number of phenolic OH excluding ortho intramolecular Hbond substituents is 1. The molecule has 0 aliphatic heterocycles. The number of halogens is 3. The van der Waals surface area contributed by atoms with E-state index in [2.05, 4.69) is 0 Å². The van der Waals surface area contributed by atoms with Gasteiger partial charge in [-0.05, 0) is 24.6 Å². The van der Waals surface area contributed by atoms with Gasteiger partial charge in [-0.25, -0.2) is 0 Å². The van der Waals surface area contributed by atoms with E-state index in [1.807, 2.05) is 0 Å². The predicted molar refractivity (Wildman–Crippen MR) is 52.3 cm³/mol. The number of aromatic hydroxyl groups is 1. The van der Waals surface area contributed by atoms with Gasteiger partial charge in [0.05, 0.1) is 5.56 Å². The van der Waals surface area contributed by atoms with Crippen molar-refractivity contribution in [1.29, 1.82) is 0 Å². The summed E-state index contributed by atoms with van der Waals surface area (Å²) in [5, 5.41) is 9.00. The quantitative estimate of drug-likeness (QED) is 0.811. The maximum atomic E-state index is 12.6. The predicted octanol–water partition coefficient (Wildman–Crippen LogP) is 3.39. The summed E-state index contributed by atoms with van der Waals surface area (Å²) in [6, 6.07) is 2.66. The number of carbonyl (C=O) groups is 1. The summed E-state index contributed by atoms with van der Waals surface area (Å²) in [5.74, 6) is -1.06. The van der Waals surface area contributed by atoms with Crippen LogP contribution in [0.2, 0.25) is 0 Å². The average Bonchev–Trinajstić information content (AvgIpc) is 2.16. The van der Waals surface area contributed by atoms with Gasteiger partial charge in [0.2, 0.25) is 0 Å². The lowest BCUT2D eigenvalue weighted by molar-refractivity contribution is -0.138. The van der Waals surface area contributed by atoms with Crippen LogP contribution in [0.5, 0.6) is 5.75 Å². The minimum absolute atomic E-state index is 0.0633. The molecule has 0 aliphatic rings. The highest BCUT2D eigenvalue weighted by Gasteiger charge is 2.35. The summed E-state index contributed by atoms with van der Waals surface area (Å²) in [4.78, 5) is 11.4. The standard InChI is InChI=1S/C11H11F3O2/c1-2-3-10(16)8-5-4-7(15)6-9(8)11(12,13)14/h4-6,15H,2-3H2,1H3. The summed E-state index contributed by atoms with van der Waals surface area (Å²) >= 11 is 0. The average molecular weight is 232 g/mol. The molecule has 88 valence electrons. The third-order valence-electron chi connectivity index (χ3n) is 2.09. The first-order valence-electron chi connectivity index (χ1n) is 4.79. The molecule has 0 aromatic heterocycles. The van der Waals surface area contributed by atoms with Gasteiger partial charge in [0, 0.05) is 12.0 Å². The normalized spacial score (nSPS) is 11.5. The Morgan fingerprint density at radius 3 is 2.50 bits per heavy atom. The smallest absolute Gasteiger partial charge is 0.417 e. The van der Waals surface area contributed by atoms with Crippen molar-refractivity contribution in [3.8, 4) is 5.75 Å². The lowest BCUT2D eigenvalue weighted by Gasteiger charge is -2.12. The molecule has 1 aromatic carbocycles. The van der Waals surface area contributed by atoms with Crippen LogP contribution in [-0.2, 0) is 6.18 Å². The van der Waals surface area contributed by atoms with Crippen LogP contribution in [0, 0.1) is 0 Å². The van der Waals surface area contributed by atoms with Crippen molar-refractivity contribution in [1.82, 2.24) is 0 Å². The Morgan fingerprint density at radius 2 is 2.00 bits per heavy atom. The molecule has 1 N–H and O–H groups in total. The lowest BCUT2D eigenvalue weighted by atomic mass is 10.00. The number of rotatable bonds is 3. The Morgan fingerprint density at radius 1 is 1.38 bits per heavy atom. The van der Waals surface area contributed by atoms with E-state index in [1.54, 1.807) is 6.92 Å². The van der Waals surface area contributed by atoms with Crippen molar-refractivity contribution in [2.45, 2.75) is 25.9 Å². The highest BCUT2D eigenvalue weighted by Crippen LogP contribution is 2.34. The second kappa shape index (κ2) is 4.55. The Bertz CT molecular complexity index is 397. The number of hydrogen-bond donors (Lipinski definition) is 1. The molecule has 0 saturated carbocycles. The van der Waals surface area contributed by atoms with Gasteiger partial charge in [-0.15, -0.1) is 0 Å². The molecule has 1 rings (SSSR count). The molecular formula is C11H11F3O2. The summed E-state index contributed by atoms with van der Waals surface area (Å²) in [6.45, 7) is 1.71. The van der Waals surface area contributed by atoms with Gasteiger partial charge in [-0.2, -0.15) is 13.2 Å². The maximum Gasteiger partial charge on any atom is 0.417 e. The zero-order valence-electron chi connectivity index (χ0n) is 8.64. The SMILES string of the molecule is CCCC(=O)c1ccc(O)cc1C(F)(F)F. The molecule has 0 unspecified atom stereocenters. The molecule has 0 spiro atoms. The Hall–Kier alpha value is -1.52. The first kappa shape index (κ1) is 12.5. The second-order valence-electron chi connectivity index (χ2n) is 3.40. The minimum Gasteiger partial charge on any atom is -0.508 e. The highest BCUT2D eigenvalue weighted by atomic mass is 19.4. The van der Waals surface area contributed by atoms with Gasteiger partial charge in [-0.3, -0.25) is 4.79 Å². The number of alkyl halides is 3. The molecule has 0 radical (unpaired) electrons. The van der Waals surface area contributed by atoms with Crippen molar-refractivity contribution in [3.63, 3.8) is 0 Å². The van der Waals surface area contributed by atoms with Gasteiger partial charge in [-0.1, -0.05) is 6.92 Å². The largest absolute Gasteiger partial charge is 0.508 e. The van der Waals surface area contributed by atoms with Crippen molar-refractivity contribution in [2.24, 2.45) is 0 Å². The molecule has 16 heavy (non-hydrogen) atoms. The van der Waals surface area contributed by atoms with Crippen LogP contribution in [0.25, 0.3) is 0 Å². The highest BCUT2D eigenvalue weighted by molar-refractivity contribution is 5.97. The third kappa shape index (κ3) is 2.74. The summed E-state index contributed by atoms with van der Waals surface area (Å²) in [7, 11) is 0. The van der Waals surface area contributed by atoms with Gasteiger partial charge in [0.15, 0.2) is 5.78 Å². The van der Waals surface area contributed by atoms with Gasteiger partial charge < -0.3 is 5.11 Å². The molecule has 0 saturated heterocycles. The fourth-order valence-corrected chi connectivity index (χ4v) is 1.37. The zero-order valence-corrected chi connectivity index (χ0v) is 8.64. The van der Waals surface area contributed by atoms with E-state index < -0.39 is 23.3 Å². The zero-order chi connectivity index (χ0) is 12.3. The van der Waals surface area contributed by atoms with Crippen LogP contribution in [0.4, 0.5) is 13.2 Å². The Kier molecular flexibility index (Phi) is 3.57. The molecule has 0 heterocycles. The summed E-state index contributed by atoms with van der Waals surface area (Å²) in [5.41, 5.74) is -1.46. The number of ketones is 1. The molecule has 2 nitrogen and oxygen atoms in total. The Labute approximate surface area is 90.7 Å². The van der Waals surface area contributed by atoms with Crippen LogP contribution in [0.15, 0.2) is 18.2 Å². The molecule has 1 aromatic rings. The topological polar surface area (TPSA) is 37.3 Å². The van der Waals surface area contributed by atoms with E-state index in [0.717, 1.165) is 12.1 Å². The van der Waals surface area contributed by atoms with Gasteiger partial charge in [0.25, 0.3) is 0 Å². The fourth-order valence-electron chi connectivity index (χ4n) is 1.37. The molecule has 0 bridgehead atoms. The molecule has 5 heteroatoms. The van der Waals surface area contributed by atoms with Crippen molar-refractivity contribution in [2.75, 3.05) is 0 Å². The minimum atomic E-state index is -4.63. The molecule has 0 fully saturated rings. The first-order valence-corrected chi connectivity index (χ1v) is 4.79.